The minimum atomic E-state index is -0.548. The van der Waals surface area contributed by atoms with Gasteiger partial charge in [0.05, 0.1) is 21.3 Å². The molecule has 0 fully saturated rings. The van der Waals surface area contributed by atoms with Crippen LogP contribution in [-0.4, -0.2) is 32.4 Å². The highest BCUT2D eigenvalue weighted by Crippen LogP contribution is 2.42. The smallest absolute Gasteiger partial charge is 0.342 e. The predicted molar refractivity (Wildman–Crippen MR) is 86.1 cm³/mol. The van der Waals surface area contributed by atoms with E-state index in [1.54, 1.807) is 24.3 Å². The second-order valence-corrected chi connectivity index (χ2v) is 5.37. The van der Waals surface area contributed by atoms with Crippen LogP contribution in [0.1, 0.15) is 27.6 Å². The van der Waals surface area contributed by atoms with Crippen LogP contribution >= 0.6 is 0 Å². The van der Waals surface area contributed by atoms with Gasteiger partial charge in [0.1, 0.15) is 17.4 Å². The van der Waals surface area contributed by atoms with E-state index in [9.17, 15) is 9.90 Å². The zero-order valence-electron chi connectivity index (χ0n) is 13.7. The molecule has 0 radical (unpaired) electrons. The van der Waals surface area contributed by atoms with E-state index in [0.29, 0.717) is 23.7 Å². The maximum absolute atomic E-state index is 12.3. The van der Waals surface area contributed by atoms with Crippen molar-refractivity contribution in [3.05, 3.63) is 47.0 Å². The number of phenols is 1. The number of rotatable bonds is 4. The van der Waals surface area contributed by atoms with E-state index in [1.807, 2.05) is 0 Å². The molecule has 2 aromatic carbocycles. The number of cyclic esters (lactones) is 1. The monoisotopic (exact) mass is 330 g/mol. The summed E-state index contributed by atoms with van der Waals surface area (Å²) in [6.07, 6.45) is -0.0470. The zero-order valence-corrected chi connectivity index (χ0v) is 13.7. The molecule has 24 heavy (non-hydrogen) atoms. The number of carbonyl (C=O) groups excluding carboxylic acids is 1. The molecule has 0 bridgehead atoms. The average Bonchev–Trinajstić information content (AvgIpc) is 2.60. The van der Waals surface area contributed by atoms with E-state index in [0.717, 1.165) is 11.1 Å². The Labute approximate surface area is 139 Å². The van der Waals surface area contributed by atoms with Crippen LogP contribution in [0.4, 0.5) is 0 Å². The Kier molecular flexibility index (Phi) is 4.20. The molecule has 0 aliphatic carbocycles. The van der Waals surface area contributed by atoms with Gasteiger partial charge in [0.15, 0.2) is 11.5 Å². The van der Waals surface area contributed by atoms with Crippen LogP contribution < -0.4 is 14.2 Å². The summed E-state index contributed by atoms with van der Waals surface area (Å²) in [6, 6.07) is 8.50. The molecular formula is C18H18O6. The summed E-state index contributed by atoms with van der Waals surface area (Å²) in [5, 5.41) is 9.86. The van der Waals surface area contributed by atoms with Crippen molar-refractivity contribution in [1.29, 1.82) is 0 Å². The first kappa shape index (κ1) is 16.0. The van der Waals surface area contributed by atoms with Crippen LogP contribution in [0.15, 0.2) is 30.3 Å². The summed E-state index contributed by atoms with van der Waals surface area (Å²) in [5.74, 6) is 0.840. The lowest BCUT2D eigenvalue weighted by molar-refractivity contribution is 0.0247. The molecule has 0 aromatic heterocycles. The second kappa shape index (κ2) is 6.31. The molecule has 6 nitrogen and oxygen atoms in total. The molecule has 0 saturated heterocycles. The predicted octanol–water partition coefficient (Wildman–Crippen LogP) is 2.87. The Balaban J connectivity index is 2.03. The molecule has 1 unspecified atom stereocenters. The number of hydrogen-bond acceptors (Lipinski definition) is 6. The largest absolute Gasteiger partial charge is 0.507 e. The lowest BCUT2D eigenvalue weighted by Gasteiger charge is -2.26. The Morgan fingerprint density at radius 2 is 1.75 bits per heavy atom. The first-order valence-corrected chi connectivity index (χ1v) is 7.40. The zero-order chi connectivity index (χ0) is 17.3. The number of esters is 1. The van der Waals surface area contributed by atoms with Crippen molar-refractivity contribution in [2.24, 2.45) is 0 Å². The molecule has 1 atom stereocenters. The first-order chi connectivity index (χ1) is 11.6. The van der Waals surface area contributed by atoms with Gasteiger partial charge in [-0.25, -0.2) is 4.79 Å². The molecule has 1 aliphatic rings. The molecule has 2 aromatic rings. The number of ether oxygens (including phenoxy) is 4. The van der Waals surface area contributed by atoms with Gasteiger partial charge in [-0.3, -0.25) is 0 Å². The van der Waals surface area contributed by atoms with Gasteiger partial charge in [-0.15, -0.1) is 0 Å². The first-order valence-electron chi connectivity index (χ1n) is 7.40. The maximum atomic E-state index is 12.3. The molecule has 0 amide bonds. The van der Waals surface area contributed by atoms with Crippen molar-refractivity contribution in [2.75, 3.05) is 21.3 Å². The van der Waals surface area contributed by atoms with Gasteiger partial charge in [0.2, 0.25) is 5.75 Å². The van der Waals surface area contributed by atoms with Crippen LogP contribution in [-0.2, 0) is 11.2 Å². The molecule has 1 heterocycles. The van der Waals surface area contributed by atoms with Gasteiger partial charge < -0.3 is 24.1 Å². The van der Waals surface area contributed by atoms with E-state index < -0.39 is 12.1 Å². The number of aromatic hydroxyl groups is 1. The molecule has 126 valence electrons. The van der Waals surface area contributed by atoms with Gasteiger partial charge in [0, 0.05) is 12.0 Å². The van der Waals surface area contributed by atoms with Crippen LogP contribution in [0.2, 0.25) is 0 Å². The maximum Gasteiger partial charge on any atom is 0.342 e. The second-order valence-electron chi connectivity index (χ2n) is 5.37. The average molecular weight is 330 g/mol. The molecule has 6 heteroatoms. The Hall–Kier alpha value is -2.89. The molecule has 0 spiro atoms. The summed E-state index contributed by atoms with van der Waals surface area (Å²) in [7, 11) is 4.59. The van der Waals surface area contributed by atoms with E-state index >= 15 is 0 Å². The van der Waals surface area contributed by atoms with Crippen molar-refractivity contribution in [3.8, 4) is 23.0 Å². The topological polar surface area (TPSA) is 74.2 Å². The van der Waals surface area contributed by atoms with Gasteiger partial charge in [-0.1, -0.05) is 12.1 Å². The third-order valence-corrected chi connectivity index (χ3v) is 4.05. The van der Waals surface area contributed by atoms with E-state index in [2.05, 4.69) is 0 Å². The van der Waals surface area contributed by atoms with E-state index in [-0.39, 0.29) is 11.3 Å². The van der Waals surface area contributed by atoms with E-state index in [4.69, 9.17) is 18.9 Å². The van der Waals surface area contributed by atoms with Gasteiger partial charge in [-0.2, -0.15) is 0 Å². The lowest BCUT2D eigenvalue weighted by Crippen LogP contribution is -2.22. The molecule has 1 N–H and O–H groups in total. The summed E-state index contributed by atoms with van der Waals surface area (Å²) < 4.78 is 21.5. The Morgan fingerprint density at radius 3 is 2.33 bits per heavy atom. The highest BCUT2D eigenvalue weighted by atomic mass is 16.5. The normalized spacial score (nSPS) is 16.1. The summed E-state index contributed by atoms with van der Waals surface area (Å²) in [5.41, 5.74) is 1.69. The highest BCUT2D eigenvalue weighted by molar-refractivity contribution is 5.95. The summed E-state index contributed by atoms with van der Waals surface area (Å²) in [4.78, 5) is 12.3. The number of hydrogen-bond donors (Lipinski definition) is 1. The fourth-order valence-electron chi connectivity index (χ4n) is 2.90. The van der Waals surface area contributed by atoms with Crippen molar-refractivity contribution in [1.82, 2.24) is 0 Å². The quantitative estimate of drug-likeness (QED) is 0.869. The van der Waals surface area contributed by atoms with E-state index in [1.165, 1.54) is 27.4 Å². The van der Waals surface area contributed by atoms with Crippen LogP contribution in [0.3, 0.4) is 0 Å². The minimum absolute atomic E-state index is 0.0687. The number of methoxy groups -OCH3 is 3. The number of carbonyl (C=O) groups is 1. The Morgan fingerprint density at radius 1 is 1.08 bits per heavy atom. The van der Waals surface area contributed by atoms with Gasteiger partial charge >= 0.3 is 5.97 Å². The van der Waals surface area contributed by atoms with Crippen molar-refractivity contribution in [2.45, 2.75) is 12.5 Å². The molecule has 3 rings (SSSR count). The van der Waals surface area contributed by atoms with Crippen LogP contribution in [0.5, 0.6) is 23.0 Å². The van der Waals surface area contributed by atoms with Crippen molar-refractivity contribution in [3.63, 3.8) is 0 Å². The fraction of sp³-hybridized carbons (Fsp3) is 0.278. The third kappa shape index (κ3) is 2.60. The standard InChI is InChI=1S/C18H18O6/c1-21-14-8-11(9-15(22-2)17(14)23-3)13-7-10-5-4-6-12(19)16(10)18(20)24-13/h4-6,8-9,13,19H,7H2,1-3H3. The number of fused-ring (bicyclic) bond motifs is 1. The highest BCUT2D eigenvalue weighted by Gasteiger charge is 2.31. The number of benzene rings is 2. The molecular weight excluding hydrogens is 312 g/mol. The summed E-state index contributed by atoms with van der Waals surface area (Å²) in [6.45, 7) is 0. The molecule has 0 saturated carbocycles. The molecule has 1 aliphatic heterocycles. The SMILES string of the molecule is COc1cc(C2Cc3cccc(O)c3C(=O)O2)cc(OC)c1OC. The Bertz CT molecular complexity index is 758. The fourth-order valence-corrected chi connectivity index (χ4v) is 2.90. The lowest BCUT2D eigenvalue weighted by atomic mass is 9.94. The van der Waals surface area contributed by atoms with Crippen LogP contribution in [0, 0.1) is 0 Å². The summed E-state index contributed by atoms with van der Waals surface area (Å²) >= 11 is 0. The van der Waals surface area contributed by atoms with Crippen LogP contribution in [0.25, 0.3) is 0 Å². The minimum Gasteiger partial charge on any atom is -0.507 e. The van der Waals surface area contributed by atoms with Crippen molar-refractivity contribution < 1.29 is 28.8 Å². The third-order valence-electron chi connectivity index (χ3n) is 4.05. The van der Waals surface area contributed by atoms with Gasteiger partial charge in [-0.05, 0) is 23.8 Å². The number of phenolic OH excluding ortho intramolecular Hbond substituents is 1. The van der Waals surface area contributed by atoms with Crippen molar-refractivity contribution >= 4 is 5.97 Å². The van der Waals surface area contributed by atoms with Gasteiger partial charge in [0.25, 0.3) is 0 Å².